The molecule has 10 nitrogen and oxygen atoms in total. The lowest BCUT2D eigenvalue weighted by atomic mass is 9.96. The molecule has 24 rings (SSSR count). The number of rotatable bonds is 14. The lowest BCUT2D eigenvalue weighted by Gasteiger charge is -2.15. The zero-order valence-electron chi connectivity index (χ0n) is 67.0. The number of nitrogens with zero attached hydrogens (tertiary/aromatic N) is 8. The molecule has 0 amide bonds. The van der Waals surface area contributed by atoms with Gasteiger partial charge in [0.05, 0.1) is 33.4 Å². The summed E-state index contributed by atoms with van der Waals surface area (Å²) in [5, 5.41) is 8.77. The quantitative estimate of drug-likeness (QED) is 0.106. The maximum atomic E-state index is 7.08. The Bertz CT molecular complexity index is 8020. The van der Waals surface area contributed by atoms with Gasteiger partial charge in [-0.1, -0.05) is 370 Å². The highest BCUT2D eigenvalue weighted by molar-refractivity contribution is 6.24. The van der Waals surface area contributed by atoms with E-state index in [1.165, 1.54) is 0 Å². The molecule has 0 fully saturated rings. The third-order valence-corrected chi connectivity index (χ3v) is 23.7. The van der Waals surface area contributed by atoms with Gasteiger partial charge in [0.1, 0.15) is 11.2 Å². The maximum Gasteiger partial charge on any atom is 0.166 e. The Balaban J connectivity index is 0.000000143. The van der Waals surface area contributed by atoms with Gasteiger partial charge < -0.3 is 18.0 Å². The van der Waals surface area contributed by atoms with Crippen LogP contribution in [0.2, 0.25) is 0 Å². The van der Waals surface area contributed by atoms with E-state index in [9.17, 15) is 0 Å². The van der Waals surface area contributed by atoms with E-state index in [0.717, 1.165) is 199 Å². The first-order valence-corrected chi connectivity index (χ1v) is 41.7. The van der Waals surface area contributed by atoms with Gasteiger partial charge in [-0.25, -0.2) is 29.9 Å². The third-order valence-electron chi connectivity index (χ3n) is 23.7. The molecule has 0 N–H and O–H groups in total. The summed E-state index contributed by atoms with van der Waals surface area (Å²) in [5.41, 5.74) is 28.1. The van der Waals surface area contributed by atoms with E-state index in [4.69, 9.17) is 38.7 Å². The Morgan fingerprint density at radius 2 is 0.403 bits per heavy atom. The zero-order valence-corrected chi connectivity index (χ0v) is 67.0. The van der Waals surface area contributed by atoms with Gasteiger partial charge in [0.15, 0.2) is 46.1 Å². The second kappa shape index (κ2) is 30.8. The summed E-state index contributed by atoms with van der Waals surface area (Å²) in [5.74, 6) is 3.54. The van der Waals surface area contributed by atoms with Crippen LogP contribution < -0.4 is 0 Å². The van der Waals surface area contributed by atoms with Crippen LogP contribution in [-0.4, -0.2) is 39.0 Å². The van der Waals surface area contributed by atoms with Crippen molar-refractivity contribution in [3.63, 3.8) is 0 Å². The number of para-hydroxylation sites is 6. The van der Waals surface area contributed by atoms with Crippen LogP contribution in [0.1, 0.15) is 0 Å². The first-order valence-electron chi connectivity index (χ1n) is 41.7. The summed E-state index contributed by atoms with van der Waals surface area (Å²) in [4.78, 5) is 31.6. The molecule has 0 aliphatic carbocycles. The van der Waals surface area contributed by atoms with Crippen molar-refractivity contribution >= 4 is 87.5 Å². The van der Waals surface area contributed by atoms with E-state index in [0.29, 0.717) is 34.9 Å². The average Bonchev–Trinajstić information content (AvgIpc) is 1.56. The van der Waals surface area contributed by atoms with Crippen molar-refractivity contribution < 1.29 is 8.83 Å². The Morgan fingerprint density at radius 1 is 0.153 bits per heavy atom. The molecule has 0 radical (unpaired) electrons. The van der Waals surface area contributed by atoms with Crippen molar-refractivity contribution in [2.24, 2.45) is 0 Å². The normalized spacial score (nSPS) is 11.5. The first kappa shape index (κ1) is 72.4. The van der Waals surface area contributed by atoms with Crippen LogP contribution in [0.5, 0.6) is 0 Å². The molecule has 24 aromatic rings. The molecule has 0 unspecified atom stereocenters. The van der Waals surface area contributed by atoms with Crippen LogP contribution in [-0.2, 0) is 0 Å². The van der Waals surface area contributed by atoms with Crippen LogP contribution >= 0.6 is 0 Å². The van der Waals surface area contributed by atoms with E-state index in [1.807, 2.05) is 54.6 Å². The van der Waals surface area contributed by atoms with Gasteiger partial charge in [-0.05, 0) is 122 Å². The van der Waals surface area contributed by atoms with Crippen LogP contribution in [0, 0.1) is 0 Å². The molecule has 0 bridgehead atoms. The summed E-state index contributed by atoms with van der Waals surface area (Å²) in [6.07, 6.45) is 0. The molecule has 0 aliphatic rings. The van der Waals surface area contributed by atoms with Crippen molar-refractivity contribution in [1.29, 1.82) is 0 Å². The number of benzene rings is 18. The van der Waals surface area contributed by atoms with Crippen molar-refractivity contribution in [1.82, 2.24) is 39.0 Å². The zero-order chi connectivity index (χ0) is 82.0. The topological polar surface area (TPSA) is 113 Å². The molecular formula is C114H72N8O2. The molecule has 6 heterocycles. The van der Waals surface area contributed by atoms with Gasteiger partial charge in [-0.2, -0.15) is 0 Å². The highest BCUT2D eigenvalue weighted by Gasteiger charge is 2.27. The lowest BCUT2D eigenvalue weighted by Crippen LogP contribution is -2.04. The molecule has 0 atom stereocenters. The lowest BCUT2D eigenvalue weighted by molar-refractivity contribution is 0.672. The molecule has 6 aromatic heterocycles. The van der Waals surface area contributed by atoms with Gasteiger partial charge in [0.25, 0.3) is 0 Å². The molecule has 580 valence electrons. The van der Waals surface area contributed by atoms with Gasteiger partial charge in [0, 0.05) is 87.6 Å². The Morgan fingerprint density at radius 3 is 0.790 bits per heavy atom. The van der Waals surface area contributed by atoms with Crippen LogP contribution in [0.15, 0.2) is 446 Å². The second-order valence-corrected chi connectivity index (χ2v) is 31.1. The van der Waals surface area contributed by atoms with Gasteiger partial charge in [0.2, 0.25) is 0 Å². The average molecular weight is 1590 g/mol. The van der Waals surface area contributed by atoms with Crippen LogP contribution in [0.3, 0.4) is 0 Å². The molecule has 18 aromatic carbocycles. The van der Waals surface area contributed by atoms with Gasteiger partial charge in [-0.3, -0.25) is 0 Å². The highest BCUT2D eigenvalue weighted by Crippen LogP contribution is 2.48. The van der Waals surface area contributed by atoms with E-state index in [2.05, 4.69) is 391 Å². The molecule has 0 aliphatic heterocycles. The standard InChI is InChI=1S/2C57H36N4O/c1-5-18-37(19-6-1)41-34-42(38-20-7-2-8-21-38)36-43(35-41)56-58-55(40-24-11-4-12-25-40)59-57(60-56)49-27-14-16-31-51(49)61-50-30-15-13-26-45(50)46-32-33-48-47-29-17-28-44(39-22-9-3-10-23-39)53(47)62-54(48)52(46)61;1-4-15-37(16-5-1)39-27-31-42(32-28-39)55-58-56(43-33-29-40(30-34-43)38-17-6-2-7-18-38)60-57(59-55)49-22-11-13-26-51(49)61-50-25-12-10-21-45(50)46-35-36-48-47-24-14-23-44(41-19-8-3-9-20-41)53(47)62-54(48)52(46)61/h2*1-36H. The Hall–Kier alpha value is -16.8. The van der Waals surface area contributed by atoms with Crippen LogP contribution in [0.25, 0.3) is 234 Å². The number of aromatic nitrogens is 8. The highest BCUT2D eigenvalue weighted by atomic mass is 16.3. The van der Waals surface area contributed by atoms with E-state index in [1.54, 1.807) is 0 Å². The minimum Gasteiger partial charge on any atom is -0.453 e. The first-order chi connectivity index (χ1) is 61.5. The summed E-state index contributed by atoms with van der Waals surface area (Å²) < 4.78 is 18.8. The smallest absolute Gasteiger partial charge is 0.166 e. The summed E-state index contributed by atoms with van der Waals surface area (Å²) in [6.45, 7) is 0. The van der Waals surface area contributed by atoms with Gasteiger partial charge >= 0.3 is 0 Å². The van der Waals surface area contributed by atoms with Crippen molar-refractivity contribution in [2.45, 2.75) is 0 Å². The number of hydrogen-bond acceptors (Lipinski definition) is 8. The molecule has 10 heteroatoms. The summed E-state index contributed by atoms with van der Waals surface area (Å²) >= 11 is 0. The van der Waals surface area contributed by atoms with Crippen LogP contribution in [0.4, 0.5) is 0 Å². The monoisotopic (exact) mass is 1580 g/mol. The Kier molecular flexibility index (Phi) is 18.0. The largest absolute Gasteiger partial charge is 0.453 e. The van der Waals surface area contributed by atoms with Gasteiger partial charge in [-0.15, -0.1) is 0 Å². The van der Waals surface area contributed by atoms with Crippen molar-refractivity contribution in [2.75, 3.05) is 0 Å². The summed E-state index contributed by atoms with van der Waals surface area (Å²) in [6, 6.07) is 152. The molecule has 0 saturated carbocycles. The maximum absolute atomic E-state index is 7.08. The SMILES string of the molecule is c1ccc(-c2cc(-c3ccccc3)cc(-c3nc(-c4ccccc4)nc(-c4ccccc4-n4c5ccccc5c5ccc6c7cccc(-c8ccccc8)c7oc6c54)n3)c2)cc1.c1ccc(-c2ccc(-c3nc(-c4ccc(-c5ccccc5)cc4)nc(-c4ccccc4-n4c5ccccc5c5ccc6c7cccc(-c8ccccc8)c7oc6c54)n3)cc2)cc1. The van der Waals surface area contributed by atoms with Crippen molar-refractivity contribution in [3.8, 4) is 146 Å². The minimum absolute atomic E-state index is 0.574. The Labute approximate surface area is 713 Å². The predicted octanol–water partition coefficient (Wildman–Crippen LogP) is 29.7. The number of fused-ring (bicyclic) bond motifs is 14. The predicted molar refractivity (Wildman–Crippen MR) is 508 cm³/mol. The fourth-order valence-electron chi connectivity index (χ4n) is 17.8. The van der Waals surface area contributed by atoms with E-state index in [-0.39, 0.29) is 0 Å². The molecule has 124 heavy (non-hydrogen) atoms. The summed E-state index contributed by atoms with van der Waals surface area (Å²) in [7, 11) is 0. The third kappa shape index (κ3) is 12.9. The number of furan rings is 2. The fourth-order valence-corrected chi connectivity index (χ4v) is 17.8. The number of hydrogen-bond donors (Lipinski definition) is 0. The fraction of sp³-hybridized carbons (Fsp3) is 0. The van der Waals surface area contributed by atoms with E-state index < -0.39 is 0 Å². The second-order valence-electron chi connectivity index (χ2n) is 31.1. The molecular weight excluding hydrogens is 1510 g/mol. The molecule has 0 saturated heterocycles. The minimum atomic E-state index is 0.574. The van der Waals surface area contributed by atoms with E-state index >= 15 is 0 Å². The molecule has 0 spiro atoms. The van der Waals surface area contributed by atoms with Crippen molar-refractivity contribution in [3.05, 3.63) is 437 Å².